The van der Waals surface area contributed by atoms with E-state index in [1.165, 1.54) is 24.7 Å². The van der Waals surface area contributed by atoms with Crippen molar-refractivity contribution in [1.29, 1.82) is 0 Å². The van der Waals surface area contributed by atoms with Gasteiger partial charge in [0.25, 0.3) is 5.91 Å². The minimum atomic E-state index is -1.06. The number of hydrogen-bond donors (Lipinski definition) is 4. The zero-order valence-corrected chi connectivity index (χ0v) is 11.5. The highest BCUT2D eigenvalue weighted by Crippen LogP contribution is 2.26. The summed E-state index contributed by atoms with van der Waals surface area (Å²) < 4.78 is 18.4. The van der Waals surface area contributed by atoms with Gasteiger partial charge in [-0.05, 0) is 30.5 Å². The van der Waals surface area contributed by atoms with Crippen LogP contribution >= 0.6 is 0 Å². The highest BCUT2D eigenvalue weighted by atomic mass is 19.1. The lowest BCUT2D eigenvalue weighted by Crippen LogP contribution is -2.21. The molecule has 0 aromatic heterocycles. The molecule has 0 heterocycles. The van der Waals surface area contributed by atoms with Crippen LogP contribution in [0.3, 0.4) is 0 Å². The maximum absolute atomic E-state index is 13.3. The van der Waals surface area contributed by atoms with Crippen LogP contribution in [-0.4, -0.2) is 34.5 Å². The molecule has 0 spiro atoms. The maximum atomic E-state index is 13.3. The predicted molar refractivity (Wildman–Crippen MR) is 72.1 cm³/mol. The highest BCUT2D eigenvalue weighted by Gasteiger charge is 2.21. The van der Waals surface area contributed by atoms with Gasteiger partial charge in [-0.2, -0.15) is 0 Å². The van der Waals surface area contributed by atoms with Crippen LogP contribution in [0.2, 0.25) is 0 Å². The average molecular weight is 299 g/mol. The fourth-order valence-corrected chi connectivity index (χ4v) is 1.81. The number of nitrogens with one attached hydrogen (secondary N) is 1. The number of hydrogen-bond acceptors (Lipinski definition) is 5. The van der Waals surface area contributed by atoms with Gasteiger partial charge in [0.2, 0.25) is 0 Å². The van der Waals surface area contributed by atoms with Crippen LogP contribution in [0.15, 0.2) is 30.4 Å². The molecule has 1 amide bonds. The molecule has 1 aromatic rings. The van der Waals surface area contributed by atoms with Crippen LogP contribution in [0.1, 0.15) is 24.5 Å². The standard InChI is InChI=1S/C14H18FNO5/c1-21-12(4-2-3-5-13(18)16-20)14(19)9-6-7-11(17)10(15)8-9/h3,5-8,12,14,17,19-20H,2,4H2,1H3,(H,16,18)/b5-3+/t12-,14-/m0/s1. The lowest BCUT2D eigenvalue weighted by atomic mass is 10.0. The number of methoxy groups -OCH3 is 1. The van der Waals surface area contributed by atoms with Gasteiger partial charge in [-0.15, -0.1) is 0 Å². The molecular weight excluding hydrogens is 281 g/mol. The van der Waals surface area contributed by atoms with Crippen molar-refractivity contribution >= 4 is 5.91 Å². The number of carbonyl (C=O) groups excluding carboxylic acids is 1. The van der Waals surface area contributed by atoms with E-state index in [0.29, 0.717) is 12.8 Å². The van der Waals surface area contributed by atoms with E-state index in [0.717, 1.165) is 18.2 Å². The molecule has 4 N–H and O–H groups in total. The summed E-state index contributed by atoms with van der Waals surface area (Å²) in [7, 11) is 1.41. The molecule has 0 bridgehead atoms. The normalized spacial score (nSPS) is 14.1. The summed E-state index contributed by atoms with van der Waals surface area (Å²) in [6, 6.07) is 3.61. The number of allylic oxidation sites excluding steroid dienone is 1. The van der Waals surface area contributed by atoms with Crippen molar-refractivity contribution < 1.29 is 29.3 Å². The summed E-state index contributed by atoms with van der Waals surface area (Å²) in [6.45, 7) is 0. The molecule has 116 valence electrons. The van der Waals surface area contributed by atoms with Gasteiger partial charge in [-0.3, -0.25) is 10.0 Å². The number of aliphatic hydroxyl groups is 1. The van der Waals surface area contributed by atoms with Gasteiger partial charge in [-0.1, -0.05) is 12.1 Å². The average Bonchev–Trinajstić information content (AvgIpc) is 2.49. The van der Waals surface area contributed by atoms with Crippen LogP contribution in [0, 0.1) is 5.82 Å². The second kappa shape index (κ2) is 8.35. The lowest BCUT2D eigenvalue weighted by molar-refractivity contribution is -0.124. The Bertz CT molecular complexity index is 506. The Morgan fingerprint density at radius 3 is 2.81 bits per heavy atom. The van der Waals surface area contributed by atoms with Crippen molar-refractivity contribution in [3.8, 4) is 5.75 Å². The van der Waals surface area contributed by atoms with Crippen LogP contribution in [0.25, 0.3) is 0 Å². The Kier molecular flexibility index (Phi) is 6.80. The molecule has 0 radical (unpaired) electrons. The molecule has 2 atom stereocenters. The van der Waals surface area contributed by atoms with Gasteiger partial charge in [0.05, 0.1) is 6.10 Å². The number of hydroxylamine groups is 1. The van der Waals surface area contributed by atoms with Crippen molar-refractivity contribution in [1.82, 2.24) is 5.48 Å². The van der Waals surface area contributed by atoms with Crippen LogP contribution in [0.4, 0.5) is 4.39 Å². The third kappa shape index (κ3) is 5.14. The molecule has 0 aliphatic heterocycles. The van der Waals surface area contributed by atoms with Gasteiger partial charge < -0.3 is 14.9 Å². The first kappa shape index (κ1) is 17.1. The number of phenols is 1. The molecule has 1 aromatic carbocycles. The number of halogens is 1. The zero-order valence-electron chi connectivity index (χ0n) is 11.5. The smallest absolute Gasteiger partial charge is 0.267 e. The SMILES string of the molecule is CO[C@@H](CC/C=C/C(=O)NO)[C@@H](O)c1ccc(O)c(F)c1. The van der Waals surface area contributed by atoms with Crippen molar-refractivity contribution in [3.05, 3.63) is 41.7 Å². The largest absolute Gasteiger partial charge is 0.505 e. The Hall–Kier alpha value is -1.96. The lowest BCUT2D eigenvalue weighted by Gasteiger charge is -2.21. The van der Waals surface area contributed by atoms with Crippen molar-refractivity contribution in [2.45, 2.75) is 25.0 Å². The molecular formula is C14H18FNO5. The molecule has 6 nitrogen and oxygen atoms in total. The van der Waals surface area contributed by atoms with E-state index in [4.69, 9.17) is 15.1 Å². The van der Waals surface area contributed by atoms with E-state index in [-0.39, 0.29) is 5.56 Å². The quantitative estimate of drug-likeness (QED) is 0.347. The second-order valence-corrected chi connectivity index (χ2v) is 4.39. The summed E-state index contributed by atoms with van der Waals surface area (Å²) >= 11 is 0. The predicted octanol–water partition coefficient (Wildman–Crippen LogP) is 1.42. The van der Waals surface area contributed by atoms with Gasteiger partial charge in [0.15, 0.2) is 11.6 Å². The van der Waals surface area contributed by atoms with Crippen LogP contribution in [0.5, 0.6) is 5.75 Å². The van der Waals surface area contributed by atoms with E-state index in [9.17, 15) is 14.3 Å². The van der Waals surface area contributed by atoms with E-state index >= 15 is 0 Å². The Labute approximate surface area is 121 Å². The van der Waals surface area contributed by atoms with Gasteiger partial charge in [-0.25, -0.2) is 9.87 Å². The summed E-state index contributed by atoms with van der Waals surface area (Å²) in [5.41, 5.74) is 1.74. The van der Waals surface area contributed by atoms with Gasteiger partial charge >= 0.3 is 0 Å². The van der Waals surface area contributed by atoms with Crippen LogP contribution in [-0.2, 0) is 9.53 Å². The number of benzene rings is 1. The van der Waals surface area contributed by atoms with E-state index in [2.05, 4.69) is 0 Å². The number of phenolic OH excluding ortho intramolecular Hbond substituents is 1. The number of rotatable bonds is 7. The summed E-state index contributed by atoms with van der Waals surface area (Å²) in [6.07, 6.45) is 1.81. The Balaban J connectivity index is 2.64. The second-order valence-electron chi connectivity index (χ2n) is 4.39. The van der Waals surface area contributed by atoms with E-state index in [1.807, 2.05) is 0 Å². The Morgan fingerprint density at radius 1 is 1.52 bits per heavy atom. The summed E-state index contributed by atoms with van der Waals surface area (Å²) in [4.78, 5) is 10.8. The highest BCUT2D eigenvalue weighted by molar-refractivity contribution is 5.86. The molecule has 0 saturated heterocycles. The topological polar surface area (TPSA) is 99.0 Å². The van der Waals surface area contributed by atoms with Gasteiger partial charge in [0.1, 0.15) is 6.10 Å². The van der Waals surface area contributed by atoms with Crippen LogP contribution < -0.4 is 5.48 Å². The first-order chi connectivity index (χ1) is 9.99. The number of carbonyl (C=O) groups is 1. The molecule has 0 fully saturated rings. The first-order valence-corrected chi connectivity index (χ1v) is 6.29. The monoisotopic (exact) mass is 299 g/mol. The van der Waals surface area contributed by atoms with Gasteiger partial charge in [0, 0.05) is 13.2 Å². The molecule has 0 aliphatic rings. The fraction of sp³-hybridized carbons (Fsp3) is 0.357. The maximum Gasteiger partial charge on any atom is 0.267 e. The first-order valence-electron chi connectivity index (χ1n) is 6.29. The number of aliphatic hydroxyl groups excluding tert-OH is 1. The summed E-state index contributed by atoms with van der Waals surface area (Å²) in [5.74, 6) is -1.95. The minimum Gasteiger partial charge on any atom is -0.505 e. The molecule has 21 heavy (non-hydrogen) atoms. The van der Waals surface area contributed by atoms with E-state index in [1.54, 1.807) is 0 Å². The third-order valence-electron chi connectivity index (χ3n) is 2.97. The van der Waals surface area contributed by atoms with Crippen molar-refractivity contribution in [2.75, 3.05) is 7.11 Å². The van der Waals surface area contributed by atoms with Crippen molar-refractivity contribution in [2.24, 2.45) is 0 Å². The Morgan fingerprint density at radius 2 is 2.24 bits per heavy atom. The molecule has 0 aliphatic carbocycles. The number of aromatic hydroxyl groups is 1. The number of amides is 1. The minimum absolute atomic E-state index is 0.286. The summed E-state index contributed by atoms with van der Waals surface area (Å²) in [5, 5.41) is 27.6. The fourth-order valence-electron chi connectivity index (χ4n) is 1.81. The van der Waals surface area contributed by atoms with Crippen molar-refractivity contribution in [3.63, 3.8) is 0 Å². The molecule has 7 heteroatoms. The molecule has 1 rings (SSSR count). The third-order valence-corrected chi connectivity index (χ3v) is 2.97. The molecule has 0 saturated carbocycles. The number of ether oxygens (including phenoxy) is 1. The zero-order chi connectivity index (χ0) is 15.8. The van der Waals surface area contributed by atoms with E-state index < -0.39 is 29.7 Å². The molecule has 0 unspecified atom stereocenters.